The van der Waals surface area contributed by atoms with Crippen LogP contribution in [0, 0.1) is 0 Å². The van der Waals surface area contributed by atoms with Gasteiger partial charge in [-0.25, -0.2) is 4.98 Å². The fraction of sp³-hybridized carbons (Fsp3) is 0.267. The molecule has 23 heavy (non-hydrogen) atoms. The van der Waals surface area contributed by atoms with Gasteiger partial charge in [0.25, 0.3) is 11.5 Å². The molecule has 0 bridgehead atoms. The van der Waals surface area contributed by atoms with Gasteiger partial charge in [0.05, 0.1) is 17.3 Å². The Bertz CT molecular complexity index is 932. The molecule has 0 aliphatic rings. The molecule has 0 spiro atoms. The Kier molecular flexibility index (Phi) is 4.26. The second-order valence-electron chi connectivity index (χ2n) is 4.86. The van der Waals surface area contributed by atoms with E-state index in [1.54, 1.807) is 19.2 Å². The number of ether oxygens (including phenoxy) is 1. The van der Waals surface area contributed by atoms with Gasteiger partial charge in [-0.2, -0.15) is 0 Å². The van der Waals surface area contributed by atoms with Crippen LogP contribution in [0.2, 0.25) is 0 Å². The van der Waals surface area contributed by atoms with Crippen LogP contribution in [0.15, 0.2) is 29.2 Å². The number of aliphatic hydroxyl groups excluding tert-OH is 1. The molecule has 0 radical (unpaired) electrons. The van der Waals surface area contributed by atoms with E-state index in [0.717, 1.165) is 4.70 Å². The molecule has 3 rings (SSSR count). The fourth-order valence-electron chi connectivity index (χ4n) is 2.24. The quantitative estimate of drug-likeness (QED) is 0.680. The normalized spacial score (nSPS) is 11.0. The van der Waals surface area contributed by atoms with Gasteiger partial charge in [0.1, 0.15) is 11.3 Å². The van der Waals surface area contributed by atoms with E-state index in [9.17, 15) is 9.59 Å². The van der Waals surface area contributed by atoms with E-state index < -0.39 is 11.5 Å². The Balaban J connectivity index is 2.09. The lowest BCUT2D eigenvalue weighted by Crippen LogP contribution is -2.32. The molecule has 0 aliphatic heterocycles. The number of carbonyl (C=O) groups excluding carboxylic acids is 1. The fourth-order valence-corrected chi connectivity index (χ4v) is 3.26. The van der Waals surface area contributed by atoms with Crippen molar-refractivity contribution in [3.8, 4) is 5.75 Å². The molecule has 120 valence electrons. The van der Waals surface area contributed by atoms with Crippen molar-refractivity contribution in [1.29, 1.82) is 0 Å². The summed E-state index contributed by atoms with van der Waals surface area (Å²) in [6, 6.07) is 5.36. The van der Waals surface area contributed by atoms with E-state index in [-0.39, 0.29) is 12.2 Å². The summed E-state index contributed by atoms with van der Waals surface area (Å²) in [5, 5.41) is 11.3. The third-order valence-electron chi connectivity index (χ3n) is 3.40. The first-order valence-corrected chi connectivity index (χ1v) is 7.84. The summed E-state index contributed by atoms with van der Waals surface area (Å²) in [5.74, 6) is 0.206. The highest BCUT2D eigenvalue weighted by atomic mass is 32.1. The number of hydrogen-bond acceptors (Lipinski definition) is 6. The van der Waals surface area contributed by atoms with E-state index in [0.29, 0.717) is 29.2 Å². The van der Waals surface area contributed by atoms with Crippen LogP contribution in [0.5, 0.6) is 5.75 Å². The summed E-state index contributed by atoms with van der Waals surface area (Å²) in [4.78, 5) is 29.4. The van der Waals surface area contributed by atoms with Crippen LogP contribution in [-0.2, 0) is 0 Å². The molecule has 1 amide bonds. The highest BCUT2D eigenvalue weighted by Crippen LogP contribution is 2.27. The Morgan fingerprint density at radius 3 is 3.04 bits per heavy atom. The Labute approximate surface area is 135 Å². The molecular formula is C15H15N3O4S. The van der Waals surface area contributed by atoms with Crippen molar-refractivity contribution in [2.45, 2.75) is 6.42 Å². The summed E-state index contributed by atoms with van der Waals surface area (Å²) in [6.07, 6.45) is 1.72. The van der Waals surface area contributed by atoms with Crippen LogP contribution in [0.3, 0.4) is 0 Å². The van der Waals surface area contributed by atoms with Crippen molar-refractivity contribution in [1.82, 2.24) is 14.7 Å². The molecule has 0 atom stereocenters. The molecule has 0 unspecified atom stereocenters. The van der Waals surface area contributed by atoms with Crippen LogP contribution >= 0.6 is 11.3 Å². The molecule has 1 aromatic carbocycles. The van der Waals surface area contributed by atoms with E-state index in [1.807, 2.05) is 6.07 Å². The van der Waals surface area contributed by atoms with Crippen molar-refractivity contribution in [3.63, 3.8) is 0 Å². The number of amides is 1. The van der Waals surface area contributed by atoms with Crippen molar-refractivity contribution in [2.24, 2.45) is 0 Å². The van der Waals surface area contributed by atoms with Crippen molar-refractivity contribution >= 4 is 32.4 Å². The number of nitrogens with zero attached hydrogens (tertiary/aromatic N) is 2. The minimum absolute atomic E-state index is 0.0176. The van der Waals surface area contributed by atoms with E-state index in [4.69, 9.17) is 9.84 Å². The molecule has 0 saturated carbocycles. The standard InChI is InChI=1S/C15H15N3O4S/c1-22-9-3-4-11-12(7-9)23-15-17-8-10(14(21)18(11)15)13(20)16-5-2-6-19/h3-4,7-8,19H,2,5-6H2,1H3,(H,16,20). The zero-order valence-electron chi connectivity index (χ0n) is 12.4. The number of hydrogen-bond donors (Lipinski definition) is 2. The number of benzene rings is 1. The second-order valence-corrected chi connectivity index (χ2v) is 5.87. The predicted molar refractivity (Wildman–Crippen MR) is 87.4 cm³/mol. The summed E-state index contributed by atoms with van der Waals surface area (Å²) >= 11 is 1.35. The maximum atomic E-state index is 12.6. The molecule has 3 aromatic rings. The Morgan fingerprint density at radius 2 is 2.30 bits per heavy atom. The Morgan fingerprint density at radius 1 is 1.48 bits per heavy atom. The monoisotopic (exact) mass is 333 g/mol. The van der Waals surface area contributed by atoms with Gasteiger partial charge >= 0.3 is 0 Å². The first-order valence-electron chi connectivity index (χ1n) is 7.03. The van der Waals surface area contributed by atoms with Crippen LogP contribution in [-0.4, -0.2) is 40.7 Å². The third kappa shape index (κ3) is 2.78. The lowest BCUT2D eigenvalue weighted by Gasteiger charge is -2.04. The number of carbonyl (C=O) groups is 1. The van der Waals surface area contributed by atoms with E-state index in [2.05, 4.69) is 10.3 Å². The topological polar surface area (TPSA) is 92.9 Å². The van der Waals surface area contributed by atoms with E-state index >= 15 is 0 Å². The van der Waals surface area contributed by atoms with Crippen molar-refractivity contribution < 1.29 is 14.6 Å². The maximum absolute atomic E-state index is 12.6. The van der Waals surface area contributed by atoms with Gasteiger partial charge in [-0.15, -0.1) is 0 Å². The largest absolute Gasteiger partial charge is 0.497 e. The van der Waals surface area contributed by atoms with Gasteiger partial charge in [-0.05, 0) is 24.6 Å². The lowest BCUT2D eigenvalue weighted by atomic mass is 10.3. The zero-order valence-corrected chi connectivity index (χ0v) is 13.2. The molecule has 2 heterocycles. The third-order valence-corrected chi connectivity index (χ3v) is 4.42. The van der Waals surface area contributed by atoms with Crippen LogP contribution < -0.4 is 15.6 Å². The smallest absolute Gasteiger partial charge is 0.271 e. The van der Waals surface area contributed by atoms with Crippen molar-refractivity contribution in [2.75, 3.05) is 20.3 Å². The second kappa shape index (κ2) is 6.35. The first-order chi connectivity index (χ1) is 11.2. The summed E-state index contributed by atoms with van der Waals surface area (Å²) < 4.78 is 7.46. The van der Waals surface area contributed by atoms with Crippen LogP contribution in [0.1, 0.15) is 16.8 Å². The summed E-state index contributed by atoms with van der Waals surface area (Å²) in [7, 11) is 1.58. The average molecular weight is 333 g/mol. The van der Waals surface area contributed by atoms with Crippen LogP contribution in [0.25, 0.3) is 15.2 Å². The first kappa shape index (κ1) is 15.4. The molecule has 8 heteroatoms. The zero-order chi connectivity index (χ0) is 16.4. The summed E-state index contributed by atoms with van der Waals surface area (Å²) in [5.41, 5.74) is 0.261. The highest BCUT2D eigenvalue weighted by Gasteiger charge is 2.16. The van der Waals surface area contributed by atoms with Gasteiger partial charge in [-0.3, -0.25) is 14.0 Å². The predicted octanol–water partition coefficient (Wildman–Crippen LogP) is 1.03. The van der Waals surface area contributed by atoms with E-state index in [1.165, 1.54) is 21.9 Å². The van der Waals surface area contributed by atoms with Gasteiger partial charge < -0.3 is 15.2 Å². The highest BCUT2D eigenvalue weighted by molar-refractivity contribution is 7.23. The van der Waals surface area contributed by atoms with Gasteiger partial charge in [0.2, 0.25) is 0 Å². The molecule has 0 aliphatic carbocycles. The lowest BCUT2D eigenvalue weighted by molar-refractivity contribution is 0.0949. The molecular weight excluding hydrogens is 318 g/mol. The molecule has 0 fully saturated rings. The number of methoxy groups -OCH3 is 1. The van der Waals surface area contributed by atoms with Gasteiger partial charge in [0, 0.05) is 19.3 Å². The van der Waals surface area contributed by atoms with Crippen molar-refractivity contribution in [3.05, 3.63) is 40.3 Å². The molecule has 2 aromatic heterocycles. The Hall–Kier alpha value is -2.45. The summed E-state index contributed by atoms with van der Waals surface area (Å²) in [6.45, 7) is 0.284. The number of rotatable bonds is 5. The van der Waals surface area contributed by atoms with Gasteiger partial charge in [0.15, 0.2) is 4.96 Å². The molecule has 7 nitrogen and oxygen atoms in total. The number of fused-ring (bicyclic) bond motifs is 3. The van der Waals surface area contributed by atoms with Crippen LogP contribution in [0.4, 0.5) is 0 Å². The minimum atomic E-state index is -0.488. The number of thiazole rings is 1. The average Bonchev–Trinajstić information content (AvgIpc) is 2.93. The maximum Gasteiger partial charge on any atom is 0.271 e. The minimum Gasteiger partial charge on any atom is -0.497 e. The number of aromatic nitrogens is 2. The number of nitrogens with one attached hydrogen (secondary N) is 1. The molecule has 0 saturated heterocycles. The number of aliphatic hydroxyl groups is 1. The SMILES string of the molecule is COc1ccc2c(c1)sc1ncc(C(=O)NCCCO)c(=O)n12. The molecule has 2 N–H and O–H groups in total. The van der Waals surface area contributed by atoms with Gasteiger partial charge in [-0.1, -0.05) is 11.3 Å².